The third-order valence-corrected chi connectivity index (χ3v) is 2.18. The summed E-state index contributed by atoms with van der Waals surface area (Å²) >= 11 is 3.36. The van der Waals surface area contributed by atoms with E-state index in [1.165, 1.54) is 0 Å². The van der Waals surface area contributed by atoms with Crippen molar-refractivity contribution >= 4 is 21.7 Å². The molecule has 1 N–H and O–H groups in total. The van der Waals surface area contributed by atoms with Crippen molar-refractivity contribution in [2.24, 2.45) is 0 Å². The fraction of sp³-hybridized carbons (Fsp3) is 0.545. The Balaban J connectivity index is 2.96. The third-order valence-electron chi connectivity index (χ3n) is 1.74. The van der Waals surface area contributed by atoms with Crippen molar-refractivity contribution in [3.63, 3.8) is 0 Å². The predicted molar refractivity (Wildman–Crippen MR) is 66.0 cm³/mol. The number of halogens is 1. The van der Waals surface area contributed by atoms with Gasteiger partial charge >= 0.3 is 0 Å². The molecule has 1 rings (SSSR count). The molecule has 4 heteroatoms. The second-order valence-electron chi connectivity index (χ2n) is 4.45. The van der Waals surface area contributed by atoms with Crippen LogP contribution in [0.5, 0.6) is 0 Å². The van der Waals surface area contributed by atoms with Crippen LogP contribution in [0.15, 0.2) is 16.7 Å². The van der Waals surface area contributed by atoms with E-state index in [0.29, 0.717) is 6.61 Å². The van der Waals surface area contributed by atoms with Gasteiger partial charge < -0.3 is 10.1 Å². The quantitative estimate of drug-likeness (QED) is 0.859. The van der Waals surface area contributed by atoms with Crippen molar-refractivity contribution in [3.05, 3.63) is 22.3 Å². The summed E-state index contributed by atoms with van der Waals surface area (Å²) in [6.45, 7) is 6.88. The van der Waals surface area contributed by atoms with Gasteiger partial charge in [-0.05, 0) is 42.8 Å². The Labute approximate surface area is 99.4 Å². The van der Waals surface area contributed by atoms with Gasteiger partial charge in [0.05, 0.1) is 6.61 Å². The lowest BCUT2D eigenvalue weighted by atomic mass is 10.1. The first-order valence-electron chi connectivity index (χ1n) is 4.85. The second-order valence-corrected chi connectivity index (χ2v) is 5.26. The van der Waals surface area contributed by atoms with Crippen molar-refractivity contribution in [1.29, 1.82) is 0 Å². The molecule has 1 aromatic rings. The van der Waals surface area contributed by atoms with Crippen LogP contribution in [-0.2, 0) is 11.3 Å². The van der Waals surface area contributed by atoms with Gasteiger partial charge in [0.1, 0.15) is 10.4 Å². The monoisotopic (exact) mass is 272 g/mol. The van der Waals surface area contributed by atoms with Gasteiger partial charge in [-0.2, -0.15) is 0 Å². The smallest absolute Gasteiger partial charge is 0.133 e. The van der Waals surface area contributed by atoms with Crippen LogP contribution in [0, 0.1) is 0 Å². The molecule has 84 valence electrons. The van der Waals surface area contributed by atoms with Crippen molar-refractivity contribution in [3.8, 4) is 0 Å². The fourth-order valence-electron chi connectivity index (χ4n) is 1.20. The Morgan fingerprint density at radius 3 is 2.60 bits per heavy atom. The minimum atomic E-state index is -0.00369. The first-order valence-corrected chi connectivity index (χ1v) is 5.64. The van der Waals surface area contributed by atoms with E-state index in [2.05, 4.69) is 47.0 Å². The van der Waals surface area contributed by atoms with Crippen LogP contribution in [-0.4, -0.2) is 17.6 Å². The molecule has 3 nitrogen and oxygen atoms in total. The van der Waals surface area contributed by atoms with Crippen LogP contribution in [0.3, 0.4) is 0 Å². The SMILES string of the molecule is COCc1ccc(Br)nc1NC(C)(C)C. The normalized spacial score (nSPS) is 11.5. The molecule has 0 saturated heterocycles. The van der Waals surface area contributed by atoms with Crippen molar-refractivity contribution in [2.45, 2.75) is 32.9 Å². The summed E-state index contributed by atoms with van der Waals surface area (Å²) in [6, 6.07) is 3.93. The molecule has 0 aliphatic heterocycles. The molecular formula is C11H17BrN2O. The zero-order chi connectivity index (χ0) is 11.5. The number of ether oxygens (including phenoxy) is 1. The molecule has 1 aromatic heterocycles. The third kappa shape index (κ3) is 4.18. The van der Waals surface area contributed by atoms with E-state index in [1.54, 1.807) is 7.11 Å². The molecule has 0 aromatic carbocycles. The van der Waals surface area contributed by atoms with E-state index in [1.807, 2.05) is 12.1 Å². The summed E-state index contributed by atoms with van der Waals surface area (Å²) in [4.78, 5) is 4.40. The number of anilines is 1. The molecule has 0 fully saturated rings. The number of rotatable bonds is 3. The average molecular weight is 273 g/mol. The summed E-state index contributed by atoms with van der Waals surface area (Å²) in [5.74, 6) is 0.874. The predicted octanol–water partition coefficient (Wildman–Crippen LogP) is 3.20. The van der Waals surface area contributed by atoms with Crippen LogP contribution in [0.25, 0.3) is 0 Å². The van der Waals surface area contributed by atoms with Crippen LogP contribution in [0.1, 0.15) is 26.3 Å². The second kappa shape index (κ2) is 4.94. The molecule has 0 bridgehead atoms. The van der Waals surface area contributed by atoms with Crippen molar-refractivity contribution < 1.29 is 4.74 Å². The molecule has 0 saturated carbocycles. The van der Waals surface area contributed by atoms with E-state index in [-0.39, 0.29) is 5.54 Å². The number of methoxy groups -OCH3 is 1. The minimum absolute atomic E-state index is 0.00369. The van der Waals surface area contributed by atoms with Crippen LogP contribution in [0.2, 0.25) is 0 Å². The van der Waals surface area contributed by atoms with Crippen LogP contribution in [0.4, 0.5) is 5.82 Å². The first-order chi connectivity index (χ1) is 6.92. The van der Waals surface area contributed by atoms with E-state index < -0.39 is 0 Å². The van der Waals surface area contributed by atoms with Crippen LogP contribution < -0.4 is 5.32 Å². The number of nitrogens with zero attached hydrogens (tertiary/aromatic N) is 1. The lowest BCUT2D eigenvalue weighted by Gasteiger charge is -2.23. The maximum atomic E-state index is 5.13. The van der Waals surface area contributed by atoms with Gasteiger partial charge in [-0.25, -0.2) is 4.98 Å². The summed E-state index contributed by atoms with van der Waals surface area (Å²) in [7, 11) is 1.68. The zero-order valence-corrected chi connectivity index (χ0v) is 11.2. The minimum Gasteiger partial charge on any atom is -0.380 e. The topological polar surface area (TPSA) is 34.1 Å². The molecular weight excluding hydrogens is 256 g/mol. The van der Waals surface area contributed by atoms with Gasteiger partial charge in [-0.3, -0.25) is 0 Å². The Hall–Kier alpha value is -0.610. The van der Waals surface area contributed by atoms with Gasteiger partial charge in [0.25, 0.3) is 0 Å². The Bertz CT molecular complexity index is 334. The van der Waals surface area contributed by atoms with E-state index in [0.717, 1.165) is 16.0 Å². The van der Waals surface area contributed by atoms with Crippen molar-refractivity contribution in [2.75, 3.05) is 12.4 Å². The molecule has 0 aliphatic carbocycles. The number of hydrogen-bond acceptors (Lipinski definition) is 3. The zero-order valence-electron chi connectivity index (χ0n) is 9.60. The fourth-order valence-corrected chi connectivity index (χ4v) is 1.51. The molecule has 0 aliphatic rings. The number of nitrogens with one attached hydrogen (secondary N) is 1. The van der Waals surface area contributed by atoms with Crippen LogP contribution >= 0.6 is 15.9 Å². The molecule has 0 unspecified atom stereocenters. The molecule has 0 spiro atoms. The first kappa shape index (κ1) is 12.5. The molecule has 1 heterocycles. The van der Waals surface area contributed by atoms with Crippen molar-refractivity contribution in [1.82, 2.24) is 4.98 Å². The van der Waals surface area contributed by atoms with Gasteiger partial charge in [-0.15, -0.1) is 0 Å². The summed E-state index contributed by atoms with van der Waals surface area (Å²) in [5, 5.41) is 3.35. The van der Waals surface area contributed by atoms with E-state index in [4.69, 9.17) is 4.74 Å². The highest BCUT2D eigenvalue weighted by molar-refractivity contribution is 9.10. The lowest BCUT2D eigenvalue weighted by molar-refractivity contribution is 0.185. The Morgan fingerprint density at radius 2 is 2.07 bits per heavy atom. The average Bonchev–Trinajstić information content (AvgIpc) is 2.07. The number of aromatic nitrogens is 1. The molecule has 0 amide bonds. The highest BCUT2D eigenvalue weighted by Gasteiger charge is 2.13. The maximum Gasteiger partial charge on any atom is 0.133 e. The number of hydrogen-bond donors (Lipinski definition) is 1. The van der Waals surface area contributed by atoms with Gasteiger partial charge in [-0.1, -0.05) is 6.07 Å². The van der Waals surface area contributed by atoms with Gasteiger partial charge in [0, 0.05) is 18.2 Å². The highest BCUT2D eigenvalue weighted by Crippen LogP contribution is 2.21. The summed E-state index contributed by atoms with van der Waals surface area (Å²) in [6.07, 6.45) is 0. The highest BCUT2D eigenvalue weighted by atomic mass is 79.9. The lowest BCUT2D eigenvalue weighted by Crippen LogP contribution is -2.27. The summed E-state index contributed by atoms with van der Waals surface area (Å²) < 4.78 is 5.96. The molecule has 0 atom stereocenters. The van der Waals surface area contributed by atoms with E-state index in [9.17, 15) is 0 Å². The maximum absolute atomic E-state index is 5.13. The van der Waals surface area contributed by atoms with E-state index >= 15 is 0 Å². The van der Waals surface area contributed by atoms with Gasteiger partial charge in [0.15, 0.2) is 0 Å². The largest absolute Gasteiger partial charge is 0.380 e. The Morgan fingerprint density at radius 1 is 1.40 bits per heavy atom. The standard InChI is InChI=1S/C11H17BrN2O/c1-11(2,3)14-10-8(7-15-4)5-6-9(12)13-10/h5-6H,7H2,1-4H3,(H,13,14). The molecule has 15 heavy (non-hydrogen) atoms. The van der Waals surface area contributed by atoms with Gasteiger partial charge in [0.2, 0.25) is 0 Å². The number of pyridine rings is 1. The Kier molecular flexibility index (Phi) is 4.11. The summed E-state index contributed by atoms with van der Waals surface area (Å²) in [5.41, 5.74) is 1.06. The molecule has 0 radical (unpaired) electrons.